The molecule has 0 saturated carbocycles. The summed E-state index contributed by atoms with van der Waals surface area (Å²) in [6.07, 6.45) is 0.779. The van der Waals surface area contributed by atoms with Crippen molar-refractivity contribution in [2.75, 3.05) is 11.1 Å². The highest BCUT2D eigenvalue weighted by Gasteiger charge is 2.49. The minimum absolute atomic E-state index is 0.0231. The van der Waals surface area contributed by atoms with Crippen LogP contribution in [-0.4, -0.2) is 35.2 Å². The van der Waals surface area contributed by atoms with Crippen LogP contribution in [-0.2, 0) is 22.8 Å². The summed E-state index contributed by atoms with van der Waals surface area (Å²) in [6.45, 7) is 1.40. The summed E-state index contributed by atoms with van der Waals surface area (Å²) in [5.74, 6) is -1.12. The van der Waals surface area contributed by atoms with Gasteiger partial charge in [0.1, 0.15) is 34.1 Å². The van der Waals surface area contributed by atoms with Gasteiger partial charge in [-0.2, -0.15) is 13.2 Å². The standard InChI is InChI=1S/C26H18F4N8O2/c1-25(18-9-17(39)14(10-33-18)26(28,29)30)19-20(31)35-21(36-22(19)37-24(25)40)16-11-38-6-5-32-23(38)15(34-16)8-12-3-2-4-13(27)7-12/h2-7,9-11H,8H2,1H3,(H,33,39)(H3,31,35,36,37,40). The van der Waals surface area contributed by atoms with Gasteiger partial charge in [-0.3, -0.25) is 9.59 Å². The smallest absolute Gasteiger partial charge is 0.383 e. The first kappa shape index (κ1) is 25.2. The fourth-order valence-corrected chi connectivity index (χ4v) is 4.82. The second-order valence-corrected chi connectivity index (χ2v) is 9.40. The maximum absolute atomic E-state index is 13.8. The predicted molar refractivity (Wildman–Crippen MR) is 135 cm³/mol. The number of H-pyrrole nitrogens is 1. The average Bonchev–Trinajstić information content (AvgIpc) is 3.46. The Morgan fingerprint density at radius 2 is 1.93 bits per heavy atom. The molecule has 1 amide bonds. The summed E-state index contributed by atoms with van der Waals surface area (Å²) in [4.78, 5) is 45.5. The van der Waals surface area contributed by atoms with Gasteiger partial charge in [-0.05, 0) is 24.6 Å². The lowest BCUT2D eigenvalue weighted by Gasteiger charge is -2.23. The summed E-state index contributed by atoms with van der Waals surface area (Å²) in [6, 6.07) is 6.79. The molecule has 0 radical (unpaired) electrons. The van der Waals surface area contributed by atoms with Crippen molar-refractivity contribution in [2.24, 2.45) is 0 Å². The van der Waals surface area contributed by atoms with Gasteiger partial charge in [0.05, 0.1) is 11.3 Å². The topological polar surface area (TPSA) is 144 Å². The van der Waals surface area contributed by atoms with Crippen LogP contribution in [0.3, 0.4) is 0 Å². The molecule has 1 atom stereocenters. The maximum Gasteiger partial charge on any atom is 0.421 e. The third-order valence-corrected chi connectivity index (χ3v) is 6.81. The van der Waals surface area contributed by atoms with Gasteiger partial charge in [0.15, 0.2) is 16.9 Å². The minimum atomic E-state index is -4.86. The number of hydrogen-bond donors (Lipinski definition) is 3. The SMILES string of the molecule is CC1(c2cc(=O)c(C(F)(F)F)c[nH]2)C(=O)Nc2nc(-c3cn4ccnc4c(Cc4cccc(F)c4)n3)nc(N)c21. The Kier molecular flexibility index (Phi) is 5.47. The molecule has 0 fully saturated rings. The normalized spacial score (nSPS) is 16.8. The van der Waals surface area contributed by atoms with Crippen molar-refractivity contribution in [1.29, 1.82) is 0 Å². The number of rotatable bonds is 4. The number of aromatic nitrogens is 6. The van der Waals surface area contributed by atoms with Crippen LogP contribution in [0.2, 0.25) is 0 Å². The van der Waals surface area contributed by atoms with Crippen molar-refractivity contribution in [3.63, 3.8) is 0 Å². The number of nitrogens with one attached hydrogen (secondary N) is 2. The lowest BCUT2D eigenvalue weighted by atomic mass is 9.80. The Morgan fingerprint density at radius 1 is 1.12 bits per heavy atom. The van der Waals surface area contributed by atoms with Gasteiger partial charge in [-0.1, -0.05) is 12.1 Å². The Labute approximate surface area is 222 Å². The summed E-state index contributed by atoms with van der Waals surface area (Å²) in [5.41, 5.74) is 3.89. The van der Waals surface area contributed by atoms with Gasteiger partial charge < -0.3 is 20.4 Å². The number of carbonyl (C=O) groups is 1. The highest BCUT2D eigenvalue weighted by atomic mass is 19.4. The van der Waals surface area contributed by atoms with E-state index in [9.17, 15) is 27.2 Å². The van der Waals surface area contributed by atoms with Gasteiger partial charge in [-0.15, -0.1) is 0 Å². The van der Waals surface area contributed by atoms with E-state index >= 15 is 0 Å². The van der Waals surface area contributed by atoms with Gasteiger partial charge in [0.25, 0.3) is 0 Å². The minimum Gasteiger partial charge on any atom is -0.383 e. The molecule has 1 unspecified atom stereocenters. The number of benzene rings is 1. The molecule has 0 aliphatic carbocycles. The molecule has 1 aromatic carbocycles. The monoisotopic (exact) mass is 550 g/mol. The van der Waals surface area contributed by atoms with E-state index in [0.29, 0.717) is 23.1 Å². The number of halogens is 4. The molecule has 0 bridgehead atoms. The number of alkyl halides is 3. The van der Waals surface area contributed by atoms with Crippen molar-refractivity contribution in [3.8, 4) is 11.5 Å². The number of pyridine rings is 1. The zero-order valence-electron chi connectivity index (χ0n) is 20.5. The number of fused-ring (bicyclic) bond motifs is 2. The molecule has 202 valence electrons. The first-order valence-corrected chi connectivity index (χ1v) is 11.8. The zero-order chi connectivity index (χ0) is 28.4. The Bertz CT molecular complexity index is 1900. The number of amides is 1. The predicted octanol–water partition coefficient (Wildman–Crippen LogP) is 3.46. The van der Waals surface area contributed by atoms with Crippen LogP contribution in [0.5, 0.6) is 0 Å². The van der Waals surface area contributed by atoms with Crippen LogP contribution in [0.25, 0.3) is 17.2 Å². The van der Waals surface area contributed by atoms with Crippen LogP contribution < -0.4 is 16.5 Å². The van der Waals surface area contributed by atoms with Crippen molar-refractivity contribution in [1.82, 2.24) is 29.3 Å². The number of aromatic amines is 1. The van der Waals surface area contributed by atoms with E-state index in [1.165, 1.54) is 19.1 Å². The number of hydrogen-bond acceptors (Lipinski definition) is 7. The highest BCUT2D eigenvalue weighted by Crippen LogP contribution is 2.44. The molecule has 5 aromatic rings. The summed E-state index contributed by atoms with van der Waals surface area (Å²) < 4.78 is 54.8. The Balaban J connectivity index is 1.44. The molecule has 10 nitrogen and oxygen atoms in total. The van der Waals surface area contributed by atoms with E-state index in [0.717, 1.165) is 6.07 Å². The third kappa shape index (κ3) is 3.95. The molecule has 1 aliphatic heterocycles. The van der Waals surface area contributed by atoms with Gasteiger partial charge >= 0.3 is 6.18 Å². The number of nitrogens with two attached hydrogens (primary N) is 1. The molecule has 5 heterocycles. The average molecular weight is 550 g/mol. The Morgan fingerprint density at radius 3 is 2.65 bits per heavy atom. The molecule has 0 spiro atoms. The van der Waals surface area contributed by atoms with Crippen molar-refractivity contribution >= 4 is 23.2 Å². The lowest BCUT2D eigenvalue weighted by Crippen LogP contribution is -2.35. The Hall–Kier alpha value is -5.14. The number of imidazole rings is 1. The number of anilines is 2. The van der Waals surface area contributed by atoms with Crippen LogP contribution >= 0.6 is 0 Å². The number of nitrogens with zero attached hydrogens (tertiary/aromatic N) is 5. The zero-order valence-corrected chi connectivity index (χ0v) is 20.5. The van der Waals surface area contributed by atoms with Crippen LogP contribution in [0.4, 0.5) is 29.2 Å². The summed E-state index contributed by atoms with van der Waals surface area (Å²) in [7, 11) is 0. The number of nitrogen functional groups attached to an aromatic ring is 1. The molecule has 4 aromatic heterocycles. The largest absolute Gasteiger partial charge is 0.421 e. The van der Waals surface area contributed by atoms with Crippen LogP contribution in [0.15, 0.2) is 59.9 Å². The molecule has 0 saturated heterocycles. The van der Waals surface area contributed by atoms with E-state index in [-0.39, 0.29) is 40.8 Å². The number of carbonyl (C=O) groups excluding carboxylic acids is 1. The molecule has 4 N–H and O–H groups in total. The lowest BCUT2D eigenvalue weighted by molar-refractivity contribution is -0.138. The molecular weight excluding hydrogens is 532 g/mol. The van der Waals surface area contributed by atoms with Gasteiger partial charge in [0.2, 0.25) is 5.91 Å². The van der Waals surface area contributed by atoms with E-state index in [4.69, 9.17) is 5.73 Å². The highest BCUT2D eigenvalue weighted by molar-refractivity contribution is 6.08. The van der Waals surface area contributed by atoms with E-state index in [1.54, 1.807) is 35.1 Å². The summed E-state index contributed by atoms with van der Waals surface area (Å²) >= 11 is 0. The van der Waals surface area contributed by atoms with Crippen molar-refractivity contribution in [3.05, 3.63) is 99.2 Å². The van der Waals surface area contributed by atoms with E-state index in [1.807, 2.05) is 0 Å². The third-order valence-electron chi connectivity index (χ3n) is 6.81. The summed E-state index contributed by atoms with van der Waals surface area (Å²) in [5, 5.41) is 2.59. The second-order valence-electron chi connectivity index (χ2n) is 9.40. The van der Waals surface area contributed by atoms with Crippen molar-refractivity contribution < 1.29 is 22.4 Å². The first-order valence-electron chi connectivity index (χ1n) is 11.8. The maximum atomic E-state index is 13.8. The van der Waals surface area contributed by atoms with E-state index < -0.39 is 34.3 Å². The van der Waals surface area contributed by atoms with Crippen LogP contribution in [0.1, 0.15) is 35.0 Å². The van der Waals surface area contributed by atoms with Crippen LogP contribution in [0, 0.1) is 5.82 Å². The molecule has 1 aliphatic rings. The fourth-order valence-electron chi connectivity index (χ4n) is 4.82. The van der Waals surface area contributed by atoms with Gasteiger partial charge in [-0.25, -0.2) is 24.3 Å². The second kappa shape index (κ2) is 8.69. The molecule has 14 heteroatoms. The van der Waals surface area contributed by atoms with Crippen molar-refractivity contribution in [2.45, 2.75) is 24.9 Å². The molecular formula is C26H18F4N8O2. The fraction of sp³-hybridized carbons (Fsp3) is 0.154. The first-order chi connectivity index (χ1) is 18.9. The van der Waals surface area contributed by atoms with Gasteiger partial charge in [0, 0.05) is 43.0 Å². The van der Waals surface area contributed by atoms with E-state index in [2.05, 4.69) is 30.2 Å². The molecule has 6 rings (SSSR count). The quantitative estimate of drug-likeness (QED) is 0.291. The molecule has 40 heavy (non-hydrogen) atoms.